The Morgan fingerprint density at radius 2 is 2.07 bits per heavy atom. The molecular weight excluding hydrogens is 352 g/mol. The largest absolute Gasteiger partial charge is 0.336 e. The maximum atomic E-state index is 13.3. The van der Waals surface area contributed by atoms with Gasteiger partial charge in [-0.05, 0) is 36.8 Å². The van der Waals surface area contributed by atoms with Gasteiger partial charge in [0.2, 0.25) is 11.8 Å². The number of anilines is 1. The minimum Gasteiger partial charge on any atom is -0.336 e. The highest BCUT2D eigenvalue weighted by molar-refractivity contribution is 6.07. The molecule has 1 spiro atoms. The lowest BCUT2D eigenvalue weighted by Crippen LogP contribution is -2.44. The normalized spacial score (nSPS) is 26.8. The zero-order chi connectivity index (χ0) is 19.3. The summed E-state index contributed by atoms with van der Waals surface area (Å²) in [5.74, 6) is 1.41. The van der Waals surface area contributed by atoms with E-state index in [1.165, 1.54) is 12.8 Å². The second-order valence-electron chi connectivity index (χ2n) is 8.46. The van der Waals surface area contributed by atoms with Crippen molar-refractivity contribution in [3.8, 4) is 0 Å². The lowest BCUT2D eigenvalue weighted by molar-refractivity contribution is -0.134. The molecule has 1 aromatic heterocycles. The summed E-state index contributed by atoms with van der Waals surface area (Å²) in [4.78, 5) is 33.1. The number of likely N-dealkylation sites (tertiary alicyclic amines) is 1. The van der Waals surface area contributed by atoms with Gasteiger partial charge in [0.1, 0.15) is 17.3 Å². The predicted octanol–water partition coefficient (Wildman–Crippen LogP) is 3.16. The minimum atomic E-state index is -0.763. The first kappa shape index (κ1) is 17.5. The van der Waals surface area contributed by atoms with Crippen molar-refractivity contribution in [1.29, 1.82) is 0 Å². The zero-order valence-electron chi connectivity index (χ0n) is 16.2. The Kier molecular flexibility index (Phi) is 4.03. The highest BCUT2D eigenvalue weighted by atomic mass is 16.2. The maximum absolute atomic E-state index is 13.3. The van der Waals surface area contributed by atoms with Crippen LogP contribution in [0.3, 0.4) is 0 Å². The average Bonchev–Trinajstić information content (AvgIpc) is 3.45. The first-order valence-electron chi connectivity index (χ1n) is 10.3. The lowest BCUT2D eigenvalue weighted by atomic mass is 9.74. The molecule has 1 aromatic carbocycles. The summed E-state index contributed by atoms with van der Waals surface area (Å²) >= 11 is 0. The van der Waals surface area contributed by atoms with Crippen LogP contribution in [0.2, 0.25) is 0 Å². The SMILES string of the molecule is Cn1ccnc1[C@@H]1N(C(=O)CC2CCCC2)CC[C@]12C(=O)Nc1ccccc12. The van der Waals surface area contributed by atoms with Gasteiger partial charge < -0.3 is 14.8 Å². The van der Waals surface area contributed by atoms with Crippen LogP contribution in [-0.4, -0.2) is 32.8 Å². The number of nitrogens with zero attached hydrogens (tertiary/aromatic N) is 3. The van der Waals surface area contributed by atoms with E-state index in [-0.39, 0.29) is 17.9 Å². The van der Waals surface area contributed by atoms with Gasteiger partial charge in [0.25, 0.3) is 0 Å². The first-order chi connectivity index (χ1) is 13.6. The molecule has 6 heteroatoms. The molecule has 2 aliphatic heterocycles. The van der Waals surface area contributed by atoms with Crippen molar-refractivity contribution in [2.24, 2.45) is 13.0 Å². The molecule has 0 unspecified atom stereocenters. The van der Waals surface area contributed by atoms with Gasteiger partial charge in [-0.1, -0.05) is 31.0 Å². The number of carbonyl (C=O) groups excluding carboxylic acids is 2. The van der Waals surface area contributed by atoms with E-state index < -0.39 is 5.41 Å². The molecule has 3 aliphatic rings. The van der Waals surface area contributed by atoms with Crippen LogP contribution in [-0.2, 0) is 22.1 Å². The Hall–Kier alpha value is -2.63. The van der Waals surface area contributed by atoms with Gasteiger partial charge in [0, 0.05) is 38.1 Å². The Balaban J connectivity index is 1.58. The van der Waals surface area contributed by atoms with E-state index >= 15 is 0 Å². The molecule has 3 heterocycles. The highest BCUT2D eigenvalue weighted by Crippen LogP contribution is 2.54. The minimum absolute atomic E-state index is 0.0159. The number of imidazole rings is 1. The molecule has 0 bridgehead atoms. The van der Waals surface area contributed by atoms with E-state index in [0.29, 0.717) is 25.3 Å². The van der Waals surface area contributed by atoms with Crippen molar-refractivity contribution < 1.29 is 9.59 Å². The highest BCUT2D eigenvalue weighted by Gasteiger charge is 2.60. The second kappa shape index (κ2) is 6.47. The summed E-state index contributed by atoms with van der Waals surface area (Å²) in [5.41, 5.74) is 1.09. The number of aryl methyl sites for hydroxylation is 1. The molecule has 2 atom stereocenters. The van der Waals surface area contributed by atoms with Crippen LogP contribution in [0.15, 0.2) is 36.7 Å². The number of rotatable bonds is 3. The van der Waals surface area contributed by atoms with Gasteiger partial charge >= 0.3 is 0 Å². The number of para-hydroxylation sites is 1. The van der Waals surface area contributed by atoms with E-state index in [9.17, 15) is 9.59 Å². The molecule has 1 aliphatic carbocycles. The number of nitrogens with one attached hydrogen (secondary N) is 1. The van der Waals surface area contributed by atoms with E-state index in [1.54, 1.807) is 6.20 Å². The van der Waals surface area contributed by atoms with Crippen molar-refractivity contribution in [2.45, 2.75) is 50.0 Å². The van der Waals surface area contributed by atoms with Crippen LogP contribution in [0.4, 0.5) is 5.69 Å². The third-order valence-corrected chi connectivity index (χ3v) is 6.95. The van der Waals surface area contributed by atoms with E-state index in [4.69, 9.17) is 0 Å². The van der Waals surface area contributed by atoms with Gasteiger partial charge in [0.05, 0.1) is 0 Å². The zero-order valence-corrected chi connectivity index (χ0v) is 16.2. The molecule has 5 rings (SSSR count). The van der Waals surface area contributed by atoms with E-state index in [0.717, 1.165) is 29.9 Å². The van der Waals surface area contributed by atoms with Crippen LogP contribution in [0.1, 0.15) is 56.0 Å². The summed E-state index contributed by atoms with van der Waals surface area (Å²) in [6, 6.07) is 7.50. The maximum Gasteiger partial charge on any atom is 0.237 e. The Morgan fingerprint density at radius 3 is 2.82 bits per heavy atom. The number of hydrogen-bond donors (Lipinski definition) is 1. The predicted molar refractivity (Wildman–Crippen MR) is 106 cm³/mol. The van der Waals surface area contributed by atoms with Crippen molar-refractivity contribution in [1.82, 2.24) is 14.5 Å². The van der Waals surface area contributed by atoms with Crippen molar-refractivity contribution in [2.75, 3.05) is 11.9 Å². The van der Waals surface area contributed by atoms with Crippen LogP contribution in [0, 0.1) is 5.92 Å². The summed E-state index contributed by atoms with van der Waals surface area (Å²) in [5, 5.41) is 3.06. The standard InChI is InChI=1S/C22H26N4O2/c1-25-13-11-23-20(25)19-22(16-8-4-5-9-17(16)24-21(22)28)10-12-26(19)18(27)14-15-6-2-3-7-15/h4-5,8-9,11,13,15,19H,2-3,6-7,10,12,14H2,1H3,(H,24,28)/t19-,22+/m0/s1. The lowest BCUT2D eigenvalue weighted by Gasteiger charge is -2.34. The molecule has 28 heavy (non-hydrogen) atoms. The quantitative estimate of drug-likeness (QED) is 0.892. The van der Waals surface area contributed by atoms with Crippen molar-refractivity contribution in [3.05, 3.63) is 48.0 Å². The summed E-state index contributed by atoms with van der Waals surface area (Å²) in [6.07, 6.45) is 9.58. The second-order valence-corrected chi connectivity index (χ2v) is 8.46. The van der Waals surface area contributed by atoms with Crippen LogP contribution < -0.4 is 5.32 Å². The van der Waals surface area contributed by atoms with Gasteiger partial charge in [-0.15, -0.1) is 0 Å². The molecular formula is C22H26N4O2. The summed E-state index contributed by atoms with van der Waals surface area (Å²) in [7, 11) is 1.94. The fourth-order valence-electron chi connectivity index (χ4n) is 5.53. The average molecular weight is 378 g/mol. The smallest absolute Gasteiger partial charge is 0.237 e. The number of aromatic nitrogens is 2. The molecule has 1 saturated heterocycles. The third-order valence-electron chi connectivity index (χ3n) is 6.95. The molecule has 6 nitrogen and oxygen atoms in total. The van der Waals surface area contributed by atoms with E-state index in [2.05, 4.69) is 10.3 Å². The van der Waals surface area contributed by atoms with Crippen molar-refractivity contribution in [3.63, 3.8) is 0 Å². The molecule has 2 amide bonds. The number of carbonyl (C=O) groups is 2. The monoisotopic (exact) mass is 378 g/mol. The van der Waals surface area contributed by atoms with Crippen LogP contribution >= 0.6 is 0 Å². The Bertz CT molecular complexity index is 930. The number of benzene rings is 1. The molecule has 2 fully saturated rings. The molecule has 1 saturated carbocycles. The topological polar surface area (TPSA) is 67.2 Å². The Morgan fingerprint density at radius 1 is 1.29 bits per heavy atom. The molecule has 0 radical (unpaired) electrons. The number of hydrogen-bond acceptors (Lipinski definition) is 3. The fraction of sp³-hybridized carbons (Fsp3) is 0.500. The fourth-order valence-corrected chi connectivity index (χ4v) is 5.53. The number of amides is 2. The molecule has 1 N–H and O–H groups in total. The van der Waals surface area contributed by atoms with Crippen molar-refractivity contribution >= 4 is 17.5 Å². The molecule has 2 aromatic rings. The van der Waals surface area contributed by atoms with Gasteiger partial charge in [-0.25, -0.2) is 4.98 Å². The van der Waals surface area contributed by atoms with Crippen LogP contribution in [0.5, 0.6) is 0 Å². The van der Waals surface area contributed by atoms with Gasteiger partial charge in [0.15, 0.2) is 0 Å². The van der Waals surface area contributed by atoms with E-state index in [1.807, 2.05) is 47.0 Å². The molecule has 146 valence electrons. The van der Waals surface area contributed by atoms with Gasteiger partial charge in [-0.2, -0.15) is 0 Å². The Labute approximate surface area is 164 Å². The first-order valence-corrected chi connectivity index (χ1v) is 10.3. The summed E-state index contributed by atoms with van der Waals surface area (Å²) in [6.45, 7) is 0.588. The van der Waals surface area contributed by atoms with Gasteiger partial charge in [-0.3, -0.25) is 9.59 Å². The summed E-state index contributed by atoms with van der Waals surface area (Å²) < 4.78 is 1.95. The third kappa shape index (κ3) is 2.43. The van der Waals surface area contributed by atoms with Crippen LogP contribution in [0.25, 0.3) is 0 Å². The number of fused-ring (bicyclic) bond motifs is 2.